The molecule has 0 aliphatic rings. The van der Waals surface area contributed by atoms with E-state index < -0.39 is 10.0 Å². The molecule has 0 aliphatic heterocycles. The van der Waals surface area contributed by atoms with E-state index in [-0.39, 0.29) is 11.4 Å². The highest BCUT2D eigenvalue weighted by Gasteiger charge is 2.26. The number of hydrogen-bond donors (Lipinski definition) is 0. The van der Waals surface area contributed by atoms with Crippen molar-refractivity contribution in [2.75, 3.05) is 10.2 Å². The highest BCUT2D eigenvalue weighted by atomic mass is 35.5. The number of nitrogens with zero attached hydrogens (tertiary/aromatic N) is 2. The summed E-state index contributed by atoms with van der Waals surface area (Å²) in [6, 6.07) is 15.5. The van der Waals surface area contributed by atoms with Crippen molar-refractivity contribution >= 4 is 27.4 Å². The van der Waals surface area contributed by atoms with Gasteiger partial charge < -0.3 is 4.42 Å². The van der Waals surface area contributed by atoms with Crippen molar-refractivity contribution in [2.45, 2.75) is 24.3 Å². The fourth-order valence-electron chi connectivity index (χ4n) is 2.56. The van der Waals surface area contributed by atoms with Crippen LogP contribution in [-0.4, -0.2) is 19.3 Å². The Morgan fingerprint density at radius 2 is 1.85 bits per heavy atom. The molecule has 3 rings (SSSR count). The Morgan fingerprint density at radius 3 is 2.46 bits per heavy atom. The van der Waals surface area contributed by atoms with Gasteiger partial charge in [-0.2, -0.15) is 0 Å². The van der Waals surface area contributed by atoms with Gasteiger partial charge in [-0.25, -0.2) is 17.7 Å². The van der Waals surface area contributed by atoms with Crippen LogP contribution in [0.1, 0.15) is 17.7 Å². The minimum atomic E-state index is -3.78. The molecule has 26 heavy (non-hydrogen) atoms. The molecule has 2 heterocycles. The maximum Gasteiger partial charge on any atom is 0.265 e. The summed E-state index contributed by atoms with van der Waals surface area (Å²) in [6.45, 7) is 0.0698. The van der Waals surface area contributed by atoms with Gasteiger partial charge in [0, 0.05) is 12.1 Å². The molecule has 136 valence electrons. The van der Waals surface area contributed by atoms with E-state index in [9.17, 15) is 8.42 Å². The monoisotopic (exact) mass is 390 g/mol. The van der Waals surface area contributed by atoms with Gasteiger partial charge in [-0.05, 0) is 54.8 Å². The number of benzene rings is 1. The summed E-state index contributed by atoms with van der Waals surface area (Å²) in [7, 11) is -3.78. The minimum absolute atomic E-state index is 0.0698. The van der Waals surface area contributed by atoms with Crippen molar-refractivity contribution in [3.05, 3.63) is 78.4 Å². The predicted octanol–water partition coefficient (Wildman–Crippen LogP) is 4.24. The number of anilines is 1. The van der Waals surface area contributed by atoms with E-state index in [0.29, 0.717) is 17.5 Å². The molecule has 3 aromatic rings. The van der Waals surface area contributed by atoms with Crippen LogP contribution < -0.4 is 4.31 Å². The van der Waals surface area contributed by atoms with Crippen LogP contribution in [0.3, 0.4) is 0 Å². The molecule has 1 aromatic carbocycles. The van der Waals surface area contributed by atoms with Crippen molar-refractivity contribution in [3.8, 4) is 0 Å². The molecule has 0 saturated carbocycles. The van der Waals surface area contributed by atoms with Gasteiger partial charge in [0.25, 0.3) is 10.0 Å². The molecule has 0 aliphatic carbocycles. The number of rotatable bonds is 8. The topological polar surface area (TPSA) is 63.4 Å². The summed E-state index contributed by atoms with van der Waals surface area (Å²) in [5, 5.41) is 0. The number of aromatic nitrogens is 1. The second-order valence-corrected chi connectivity index (χ2v) is 7.96. The van der Waals surface area contributed by atoms with Gasteiger partial charge in [0.05, 0.1) is 17.7 Å². The summed E-state index contributed by atoms with van der Waals surface area (Å²) in [5.74, 6) is 1.46. The smallest absolute Gasteiger partial charge is 0.265 e. The lowest BCUT2D eigenvalue weighted by Crippen LogP contribution is -2.31. The van der Waals surface area contributed by atoms with Gasteiger partial charge in [-0.1, -0.05) is 18.2 Å². The number of pyridine rings is 1. The fourth-order valence-corrected chi connectivity index (χ4v) is 4.08. The van der Waals surface area contributed by atoms with Gasteiger partial charge in [-0.3, -0.25) is 0 Å². The second-order valence-electron chi connectivity index (χ2n) is 5.72. The van der Waals surface area contributed by atoms with E-state index in [1.54, 1.807) is 48.7 Å². The first-order chi connectivity index (χ1) is 12.6. The summed E-state index contributed by atoms with van der Waals surface area (Å²) in [6.07, 6.45) is 4.76. The van der Waals surface area contributed by atoms with Crippen LogP contribution in [0.5, 0.6) is 0 Å². The molecule has 5 nitrogen and oxygen atoms in total. The van der Waals surface area contributed by atoms with E-state index in [1.165, 1.54) is 10.6 Å². The van der Waals surface area contributed by atoms with Crippen LogP contribution in [0.4, 0.5) is 5.82 Å². The van der Waals surface area contributed by atoms with Crippen LogP contribution in [0.2, 0.25) is 0 Å². The summed E-state index contributed by atoms with van der Waals surface area (Å²) >= 11 is 5.71. The Bertz CT molecular complexity index is 911. The standard InChI is InChI=1S/C19H19ClN2O3S/c20-12-3-5-16-8-10-18(11-9-16)26(23,24)22(15-17-6-4-14-25-17)19-7-1-2-13-21-19/h1-2,4,6-11,13-14H,3,5,12,15H2. The molecule has 0 radical (unpaired) electrons. The molecule has 0 unspecified atom stereocenters. The van der Waals surface area contributed by atoms with Gasteiger partial charge in [0.1, 0.15) is 11.6 Å². The normalized spacial score (nSPS) is 11.4. The van der Waals surface area contributed by atoms with Gasteiger partial charge >= 0.3 is 0 Å². The van der Waals surface area contributed by atoms with Crippen LogP contribution in [0, 0.1) is 0 Å². The van der Waals surface area contributed by atoms with E-state index >= 15 is 0 Å². The molecular formula is C19H19ClN2O3S. The molecule has 0 amide bonds. The SMILES string of the molecule is O=S(=O)(c1ccc(CCCCl)cc1)N(Cc1ccco1)c1ccccn1. The van der Waals surface area contributed by atoms with E-state index in [0.717, 1.165) is 18.4 Å². The van der Waals surface area contributed by atoms with Gasteiger partial charge in [-0.15, -0.1) is 11.6 Å². The fraction of sp³-hybridized carbons (Fsp3) is 0.211. The number of furan rings is 1. The lowest BCUT2D eigenvalue weighted by molar-refractivity contribution is 0.508. The van der Waals surface area contributed by atoms with Gasteiger partial charge in [0.2, 0.25) is 0 Å². The van der Waals surface area contributed by atoms with Gasteiger partial charge in [0.15, 0.2) is 0 Å². The van der Waals surface area contributed by atoms with E-state index in [4.69, 9.17) is 16.0 Å². The Morgan fingerprint density at radius 1 is 1.04 bits per heavy atom. The number of aryl methyl sites for hydroxylation is 1. The predicted molar refractivity (Wildman–Crippen MR) is 102 cm³/mol. The molecule has 0 bridgehead atoms. The average Bonchev–Trinajstić information content (AvgIpc) is 3.19. The summed E-state index contributed by atoms with van der Waals surface area (Å²) in [5.41, 5.74) is 1.06. The van der Waals surface area contributed by atoms with E-state index in [2.05, 4.69) is 4.98 Å². The molecule has 0 N–H and O–H groups in total. The Kier molecular flexibility index (Phi) is 5.96. The zero-order valence-corrected chi connectivity index (χ0v) is 15.7. The maximum absolute atomic E-state index is 13.2. The zero-order chi connectivity index (χ0) is 18.4. The van der Waals surface area contributed by atoms with Crippen LogP contribution in [-0.2, 0) is 23.0 Å². The molecule has 0 atom stereocenters. The largest absolute Gasteiger partial charge is 0.467 e. The van der Waals surface area contributed by atoms with E-state index in [1.807, 2.05) is 12.1 Å². The summed E-state index contributed by atoms with van der Waals surface area (Å²) in [4.78, 5) is 4.41. The molecular weight excluding hydrogens is 372 g/mol. The van der Waals surface area contributed by atoms with Crippen molar-refractivity contribution in [1.82, 2.24) is 4.98 Å². The molecule has 0 spiro atoms. The number of hydrogen-bond acceptors (Lipinski definition) is 4. The Hall–Kier alpha value is -2.31. The quantitative estimate of drug-likeness (QED) is 0.539. The first-order valence-corrected chi connectivity index (χ1v) is 10.2. The third-order valence-electron chi connectivity index (χ3n) is 3.89. The number of halogens is 1. The lowest BCUT2D eigenvalue weighted by atomic mass is 10.1. The first-order valence-electron chi connectivity index (χ1n) is 8.22. The molecule has 7 heteroatoms. The lowest BCUT2D eigenvalue weighted by Gasteiger charge is -2.22. The van der Waals surface area contributed by atoms with Crippen LogP contribution in [0.25, 0.3) is 0 Å². The highest BCUT2D eigenvalue weighted by Crippen LogP contribution is 2.24. The third kappa shape index (κ3) is 4.26. The number of sulfonamides is 1. The molecule has 2 aromatic heterocycles. The Balaban J connectivity index is 1.93. The zero-order valence-electron chi connectivity index (χ0n) is 14.1. The van der Waals surface area contributed by atoms with Crippen molar-refractivity contribution < 1.29 is 12.8 Å². The first kappa shape index (κ1) is 18.5. The maximum atomic E-state index is 13.2. The summed E-state index contributed by atoms with van der Waals surface area (Å²) < 4.78 is 33.0. The third-order valence-corrected chi connectivity index (χ3v) is 5.93. The molecule has 0 fully saturated rings. The Labute approximate surface area is 158 Å². The molecule has 0 saturated heterocycles. The number of alkyl halides is 1. The second kappa shape index (κ2) is 8.38. The van der Waals surface area contributed by atoms with Crippen LogP contribution in [0.15, 0.2) is 76.4 Å². The van der Waals surface area contributed by atoms with Crippen molar-refractivity contribution in [2.24, 2.45) is 0 Å². The average molecular weight is 391 g/mol. The van der Waals surface area contributed by atoms with Crippen molar-refractivity contribution in [1.29, 1.82) is 0 Å². The minimum Gasteiger partial charge on any atom is -0.467 e. The van der Waals surface area contributed by atoms with Crippen LogP contribution >= 0.6 is 11.6 Å². The van der Waals surface area contributed by atoms with Crippen molar-refractivity contribution in [3.63, 3.8) is 0 Å². The highest BCUT2D eigenvalue weighted by molar-refractivity contribution is 7.92.